The molecule has 154 valence electrons. The number of anilines is 2. The molecule has 0 radical (unpaired) electrons. The Labute approximate surface area is 173 Å². The second kappa shape index (κ2) is 8.32. The maximum absolute atomic E-state index is 12.7. The number of hydrogen-bond donors (Lipinski definition) is 2. The van der Waals surface area contributed by atoms with Crippen molar-refractivity contribution in [3.8, 4) is 0 Å². The van der Waals surface area contributed by atoms with Gasteiger partial charge in [-0.1, -0.05) is 43.3 Å². The quantitative estimate of drug-likeness (QED) is 0.492. The van der Waals surface area contributed by atoms with E-state index in [1.807, 2.05) is 35.2 Å². The fraction of sp³-hybridized carbons (Fsp3) is 0.286. The Hall–Kier alpha value is -3.75. The second-order valence-electron chi connectivity index (χ2n) is 7.43. The topological polar surface area (TPSA) is 113 Å². The van der Waals surface area contributed by atoms with Crippen molar-refractivity contribution in [2.75, 3.05) is 23.4 Å². The molecule has 0 spiro atoms. The van der Waals surface area contributed by atoms with Gasteiger partial charge in [0.25, 0.3) is 5.91 Å². The van der Waals surface area contributed by atoms with Gasteiger partial charge in [0.1, 0.15) is 6.33 Å². The molecule has 0 unspecified atom stereocenters. The van der Waals surface area contributed by atoms with Crippen LogP contribution in [-0.2, 0) is 0 Å². The van der Waals surface area contributed by atoms with Crippen LogP contribution < -0.4 is 15.8 Å². The third-order valence-electron chi connectivity index (χ3n) is 5.40. The lowest BCUT2D eigenvalue weighted by atomic mass is 9.99. The number of hydrogen-bond acceptors (Lipinski definition) is 7. The van der Waals surface area contributed by atoms with Crippen molar-refractivity contribution in [3.05, 3.63) is 64.5 Å². The number of rotatable bonds is 5. The van der Waals surface area contributed by atoms with Crippen LogP contribution in [0.4, 0.5) is 17.3 Å². The van der Waals surface area contributed by atoms with Crippen molar-refractivity contribution in [2.45, 2.75) is 19.8 Å². The van der Waals surface area contributed by atoms with Gasteiger partial charge in [-0.3, -0.25) is 25.8 Å². The first-order valence-corrected chi connectivity index (χ1v) is 9.83. The number of piperidine rings is 1. The van der Waals surface area contributed by atoms with Crippen LogP contribution in [0, 0.1) is 16.0 Å². The molecule has 30 heavy (non-hydrogen) atoms. The summed E-state index contributed by atoms with van der Waals surface area (Å²) >= 11 is 0. The average Bonchev–Trinajstić information content (AvgIpc) is 2.77. The monoisotopic (exact) mass is 406 g/mol. The molecule has 9 heteroatoms. The van der Waals surface area contributed by atoms with E-state index in [-0.39, 0.29) is 17.3 Å². The molecule has 1 fully saturated rings. The Morgan fingerprint density at radius 1 is 1.13 bits per heavy atom. The zero-order valence-electron chi connectivity index (χ0n) is 16.5. The SMILES string of the molecule is CC1CCN(c2ncnc(NNC(=O)c3cccc4ccccc34)c2[N+](=O)[O-])CC1. The van der Waals surface area contributed by atoms with Gasteiger partial charge in [-0.15, -0.1) is 0 Å². The Morgan fingerprint density at radius 2 is 1.87 bits per heavy atom. The summed E-state index contributed by atoms with van der Waals surface area (Å²) in [7, 11) is 0. The third kappa shape index (κ3) is 3.86. The standard InChI is InChI=1S/C21H22N6O3/c1-14-9-11-26(12-10-14)20-18(27(29)30)19(22-13-23-20)24-25-21(28)17-8-4-6-15-5-2-3-7-16(15)17/h2-8,13-14H,9-12H2,1H3,(H,25,28)(H,22,23,24). The van der Waals surface area contributed by atoms with Gasteiger partial charge in [-0.05, 0) is 35.6 Å². The molecule has 0 aliphatic carbocycles. The van der Waals surface area contributed by atoms with Crippen LogP contribution in [0.3, 0.4) is 0 Å². The molecule has 0 atom stereocenters. The number of nitro groups is 1. The first-order chi connectivity index (χ1) is 14.5. The lowest BCUT2D eigenvalue weighted by molar-refractivity contribution is -0.383. The molecule has 1 aromatic heterocycles. The number of carbonyl (C=O) groups is 1. The largest absolute Gasteiger partial charge is 0.355 e. The highest BCUT2D eigenvalue weighted by molar-refractivity contribution is 6.07. The molecular formula is C21H22N6O3. The maximum atomic E-state index is 12.7. The van der Waals surface area contributed by atoms with E-state index in [9.17, 15) is 14.9 Å². The molecule has 2 aromatic carbocycles. The van der Waals surface area contributed by atoms with Crippen molar-refractivity contribution in [2.24, 2.45) is 5.92 Å². The average molecular weight is 406 g/mol. The van der Waals surface area contributed by atoms with Gasteiger partial charge in [-0.2, -0.15) is 0 Å². The van der Waals surface area contributed by atoms with Crippen LogP contribution in [0.15, 0.2) is 48.8 Å². The number of hydrazine groups is 1. The summed E-state index contributed by atoms with van der Waals surface area (Å²) in [6.45, 7) is 3.56. The third-order valence-corrected chi connectivity index (χ3v) is 5.40. The van der Waals surface area contributed by atoms with Crippen molar-refractivity contribution >= 4 is 34.0 Å². The minimum atomic E-state index is -0.514. The number of carbonyl (C=O) groups excluding carboxylic acids is 1. The van der Waals surface area contributed by atoms with E-state index in [0.717, 1.165) is 23.6 Å². The molecule has 2 N–H and O–H groups in total. The molecule has 2 heterocycles. The molecule has 0 bridgehead atoms. The van der Waals surface area contributed by atoms with Crippen molar-refractivity contribution in [1.82, 2.24) is 15.4 Å². The van der Waals surface area contributed by atoms with Crippen molar-refractivity contribution < 1.29 is 9.72 Å². The summed E-state index contributed by atoms with van der Waals surface area (Å²) in [5.74, 6) is 0.397. The number of fused-ring (bicyclic) bond motifs is 1. The van der Waals surface area contributed by atoms with Crippen molar-refractivity contribution in [1.29, 1.82) is 0 Å². The molecule has 1 saturated heterocycles. The van der Waals surface area contributed by atoms with E-state index in [1.54, 1.807) is 12.1 Å². The first kappa shape index (κ1) is 19.6. The van der Waals surface area contributed by atoms with Crippen LogP contribution in [0.5, 0.6) is 0 Å². The minimum absolute atomic E-state index is 0.0443. The number of benzene rings is 2. The Morgan fingerprint density at radius 3 is 2.63 bits per heavy atom. The number of amides is 1. The van der Waals surface area contributed by atoms with Crippen LogP contribution >= 0.6 is 0 Å². The second-order valence-corrected chi connectivity index (χ2v) is 7.43. The van der Waals surface area contributed by atoms with Gasteiger partial charge < -0.3 is 4.90 Å². The predicted octanol–water partition coefficient (Wildman–Crippen LogP) is 3.53. The number of aromatic nitrogens is 2. The Kier molecular flexibility index (Phi) is 5.42. The molecule has 1 amide bonds. The van der Waals surface area contributed by atoms with E-state index in [2.05, 4.69) is 27.7 Å². The molecular weight excluding hydrogens is 384 g/mol. The van der Waals surface area contributed by atoms with Gasteiger partial charge >= 0.3 is 5.69 Å². The summed E-state index contributed by atoms with van der Waals surface area (Å²) < 4.78 is 0. The van der Waals surface area contributed by atoms with Crippen LogP contribution in [0.25, 0.3) is 10.8 Å². The summed E-state index contributed by atoms with van der Waals surface area (Å²) in [5.41, 5.74) is 5.38. The molecule has 0 saturated carbocycles. The Balaban J connectivity index is 1.58. The number of nitrogens with zero attached hydrogens (tertiary/aromatic N) is 4. The van der Waals surface area contributed by atoms with Crippen LogP contribution in [0.1, 0.15) is 30.1 Å². The highest BCUT2D eigenvalue weighted by atomic mass is 16.6. The summed E-state index contributed by atoms with van der Waals surface area (Å²) in [5, 5.41) is 13.5. The highest BCUT2D eigenvalue weighted by Gasteiger charge is 2.29. The minimum Gasteiger partial charge on any atom is -0.351 e. The predicted molar refractivity (Wildman–Crippen MR) is 114 cm³/mol. The fourth-order valence-electron chi connectivity index (χ4n) is 3.69. The van der Waals surface area contributed by atoms with Crippen LogP contribution in [-0.4, -0.2) is 33.9 Å². The maximum Gasteiger partial charge on any atom is 0.355 e. The lowest BCUT2D eigenvalue weighted by Gasteiger charge is -2.30. The number of nitrogens with one attached hydrogen (secondary N) is 2. The lowest BCUT2D eigenvalue weighted by Crippen LogP contribution is -2.35. The van der Waals surface area contributed by atoms with E-state index in [1.165, 1.54) is 6.33 Å². The Bertz CT molecular complexity index is 1090. The van der Waals surface area contributed by atoms with Crippen LogP contribution in [0.2, 0.25) is 0 Å². The van der Waals surface area contributed by atoms with E-state index in [4.69, 9.17) is 0 Å². The molecule has 3 aromatic rings. The van der Waals surface area contributed by atoms with E-state index < -0.39 is 10.8 Å². The normalized spacial score (nSPS) is 14.5. The molecule has 9 nitrogen and oxygen atoms in total. The molecule has 1 aliphatic heterocycles. The first-order valence-electron chi connectivity index (χ1n) is 9.83. The van der Waals surface area contributed by atoms with Gasteiger partial charge in [0.2, 0.25) is 11.6 Å². The fourth-order valence-corrected chi connectivity index (χ4v) is 3.69. The zero-order chi connectivity index (χ0) is 21.1. The molecule has 1 aliphatic rings. The summed E-state index contributed by atoms with van der Waals surface area (Å²) in [6, 6.07) is 12.9. The highest BCUT2D eigenvalue weighted by Crippen LogP contribution is 2.33. The zero-order valence-corrected chi connectivity index (χ0v) is 16.5. The van der Waals surface area contributed by atoms with Crippen molar-refractivity contribution in [3.63, 3.8) is 0 Å². The van der Waals surface area contributed by atoms with Gasteiger partial charge in [0, 0.05) is 18.7 Å². The van der Waals surface area contributed by atoms with Gasteiger partial charge in [0.15, 0.2) is 0 Å². The molecule has 4 rings (SSSR count). The van der Waals surface area contributed by atoms with Gasteiger partial charge in [-0.25, -0.2) is 9.97 Å². The van der Waals surface area contributed by atoms with Gasteiger partial charge in [0.05, 0.1) is 4.92 Å². The summed E-state index contributed by atoms with van der Waals surface area (Å²) in [6.07, 6.45) is 3.16. The smallest absolute Gasteiger partial charge is 0.351 e. The summed E-state index contributed by atoms with van der Waals surface area (Å²) in [4.78, 5) is 34.1. The van der Waals surface area contributed by atoms with E-state index in [0.29, 0.717) is 24.6 Å². The van der Waals surface area contributed by atoms with E-state index >= 15 is 0 Å².